The predicted octanol–water partition coefficient (Wildman–Crippen LogP) is 3.59. The van der Waals surface area contributed by atoms with Gasteiger partial charge in [-0.2, -0.15) is 0 Å². The molecule has 0 saturated heterocycles. The maximum Gasteiger partial charge on any atom is 0.188 e. The van der Waals surface area contributed by atoms with Crippen molar-refractivity contribution in [1.29, 1.82) is 0 Å². The second kappa shape index (κ2) is 4.64. The van der Waals surface area contributed by atoms with Crippen molar-refractivity contribution in [2.24, 2.45) is 0 Å². The van der Waals surface area contributed by atoms with Crippen molar-refractivity contribution >= 4 is 26.7 Å². The van der Waals surface area contributed by atoms with Gasteiger partial charge in [-0.1, -0.05) is 40.2 Å². The first kappa shape index (κ1) is 10.5. The van der Waals surface area contributed by atoms with E-state index in [4.69, 9.17) is 9.47 Å². The third kappa shape index (κ3) is 2.30. The lowest BCUT2D eigenvalue weighted by Crippen LogP contribution is -1.98. The zero-order valence-corrected chi connectivity index (χ0v) is 9.95. The molecule has 0 aliphatic rings. The van der Waals surface area contributed by atoms with Gasteiger partial charge in [-0.3, -0.25) is 0 Å². The van der Waals surface area contributed by atoms with Crippen LogP contribution < -0.4 is 4.74 Å². The van der Waals surface area contributed by atoms with Gasteiger partial charge < -0.3 is 9.47 Å². The van der Waals surface area contributed by atoms with E-state index in [2.05, 4.69) is 28.1 Å². The Bertz CT molecular complexity index is 468. The number of methoxy groups -OCH3 is 1. The van der Waals surface area contributed by atoms with Gasteiger partial charge in [0.1, 0.15) is 5.75 Å². The topological polar surface area (TPSA) is 18.5 Å². The SMILES string of the molecule is COCOc1cc(Br)c2ccccc2c1. The Labute approximate surface area is 96.9 Å². The minimum Gasteiger partial charge on any atom is -0.468 e. The lowest BCUT2D eigenvalue weighted by molar-refractivity contribution is 0.0512. The molecule has 3 heteroatoms. The van der Waals surface area contributed by atoms with Crippen LogP contribution in [0.4, 0.5) is 0 Å². The molecule has 0 aromatic heterocycles. The summed E-state index contributed by atoms with van der Waals surface area (Å²) in [5, 5.41) is 2.33. The average molecular weight is 267 g/mol. The monoisotopic (exact) mass is 266 g/mol. The van der Waals surface area contributed by atoms with Crippen LogP contribution in [0.2, 0.25) is 0 Å². The van der Waals surface area contributed by atoms with Crippen LogP contribution in [-0.4, -0.2) is 13.9 Å². The number of benzene rings is 2. The van der Waals surface area contributed by atoms with E-state index in [1.165, 1.54) is 5.39 Å². The lowest BCUT2D eigenvalue weighted by Gasteiger charge is -2.07. The van der Waals surface area contributed by atoms with E-state index >= 15 is 0 Å². The van der Waals surface area contributed by atoms with Crippen LogP contribution in [0.15, 0.2) is 40.9 Å². The molecule has 0 saturated carbocycles. The molecular formula is C12H11BrO2. The number of ether oxygens (including phenoxy) is 2. The molecule has 0 fully saturated rings. The predicted molar refractivity (Wildman–Crippen MR) is 64.2 cm³/mol. The maximum atomic E-state index is 5.39. The summed E-state index contributed by atoms with van der Waals surface area (Å²) in [6, 6.07) is 12.1. The molecule has 0 N–H and O–H groups in total. The van der Waals surface area contributed by atoms with Crippen molar-refractivity contribution in [2.75, 3.05) is 13.9 Å². The molecule has 0 aliphatic heterocycles. The summed E-state index contributed by atoms with van der Waals surface area (Å²) in [7, 11) is 1.61. The van der Waals surface area contributed by atoms with Gasteiger partial charge in [0.2, 0.25) is 0 Å². The Kier molecular flexibility index (Phi) is 3.23. The molecule has 0 spiro atoms. The molecular weight excluding hydrogens is 256 g/mol. The molecule has 0 aliphatic carbocycles. The van der Waals surface area contributed by atoms with Gasteiger partial charge in [-0.15, -0.1) is 0 Å². The van der Waals surface area contributed by atoms with Gasteiger partial charge in [0.25, 0.3) is 0 Å². The minimum atomic E-state index is 0.269. The fourth-order valence-electron chi connectivity index (χ4n) is 1.45. The van der Waals surface area contributed by atoms with Gasteiger partial charge in [0, 0.05) is 11.6 Å². The van der Waals surface area contributed by atoms with Crippen molar-refractivity contribution in [3.63, 3.8) is 0 Å². The van der Waals surface area contributed by atoms with Crippen LogP contribution >= 0.6 is 15.9 Å². The highest BCUT2D eigenvalue weighted by molar-refractivity contribution is 9.10. The van der Waals surface area contributed by atoms with Gasteiger partial charge in [0.05, 0.1) is 0 Å². The smallest absolute Gasteiger partial charge is 0.188 e. The van der Waals surface area contributed by atoms with E-state index < -0.39 is 0 Å². The number of hydrogen-bond donors (Lipinski definition) is 0. The Hall–Kier alpha value is -1.06. The zero-order chi connectivity index (χ0) is 10.7. The Morgan fingerprint density at radius 2 is 2.00 bits per heavy atom. The van der Waals surface area contributed by atoms with Gasteiger partial charge in [0.15, 0.2) is 6.79 Å². The van der Waals surface area contributed by atoms with E-state index in [9.17, 15) is 0 Å². The Morgan fingerprint density at radius 1 is 1.20 bits per heavy atom. The highest BCUT2D eigenvalue weighted by Crippen LogP contribution is 2.29. The van der Waals surface area contributed by atoms with E-state index in [1.807, 2.05) is 24.3 Å². The average Bonchev–Trinajstić information content (AvgIpc) is 2.26. The third-order valence-electron chi connectivity index (χ3n) is 2.13. The molecule has 0 bridgehead atoms. The zero-order valence-electron chi connectivity index (χ0n) is 8.37. The first-order valence-electron chi connectivity index (χ1n) is 4.61. The second-order valence-corrected chi connectivity index (χ2v) is 4.03. The fraction of sp³-hybridized carbons (Fsp3) is 0.167. The van der Waals surface area contributed by atoms with Crippen LogP contribution in [0.3, 0.4) is 0 Å². The standard InChI is InChI=1S/C12H11BrO2/c1-14-8-15-10-6-9-4-2-3-5-11(9)12(13)7-10/h2-7H,8H2,1H3. The van der Waals surface area contributed by atoms with Crippen LogP contribution in [0.25, 0.3) is 10.8 Å². The van der Waals surface area contributed by atoms with Gasteiger partial charge >= 0.3 is 0 Å². The molecule has 15 heavy (non-hydrogen) atoms. The first-order chi connectivity index (χ1) is 7.31. The molecule has 0 unspecified atom stereocenters. The molecule has 2 aromatic carbocycles. The maximum absolute atomic E-state index is 5.39. The number of halogens is 1. The fourth-order valence-corrected chi connectivity index (χ4v) is 2.03. The number of fused-ring (bicyclic) bond motifs is 1. The van der Waals surface area contributed by atoms with Crippen LogP contribution in [0.1, 0.15) is 0 Å². The summed E-state index contributed by atoms with van der Waals surface area (Å²) in [4.78, 5) is 0. The summed E-state index contributed by atoms with van der Waals surface area (Å²) < 4.78 is 11.3. The number of rotatable bonds is 3. The van der Waals surface area contributed by atoms with Crippen molar-refractivity contribution in [3.8, 4) is 5.75 Å². The molecule has 2 nitrogen and oxygen atoms in total. The first-order valence-corrected chi connectivity index (χ1v) is 5.40. The highest BCUT2D eigenvalue weighted by Gasteiger charge is 2.01. The van der Waals surface area contributed by atoms with Crippen molar-refractivity contribution in [3.05, 3.63) is 40.9 Å². The summed E-state index contributed by atoms with van der Waals surface area (Å²) in [5.74, 6) is 0.808. The minimum absolute atomic E-state index is 0.269. The van der Waals surface area contributed by atoms with Crippen LogP contribution in [-0.2, 0) is 4.74 Å². The molecule has 78 valence electrons. The molecule has 0 heterocycles. The highest BCUT2D eigenvalue weighted by atomic mass is 79.9. The second-order valence-electron chi connectivity index (χ2n) is 3.18. The van der Waals surface area contributed by atoms with Crippen LogP contribution in [0.5, 0.6) is 5.75 Å². The normalized spacial score (nSPS) is 10.5. The van der Waals surface area contributed by atoms with E-state index in [0.29, 0.717) is 0 Å². The van der Waals surface area contributed by atoms with Crippen molar-refractivity contribution in [2.45, 2.75) is 0 Å². The van der Waals surface area contributed by atoms with Crippen molar-refractivity contribution in [1.82, 2.24) is 0 Å². The van der Waals surface area contributed by atoms with Crippen molar-refractivity contribution < 1.29 is 9.47 Å². The molecule has 0 atom stereocenters. The van der Waals surface area contributed by atoms with E-state index in [0.717, 1.165) is 15.6 Å². The van der Waals surface area contributed by atoms with Gasteiger partial charge in [-0.05, 0) is 22.9 Å². The van der Waals surface area contributed by atoms with Crippen LogP contribution in [0, 0.1) is 0 Å². The van der Waals surface area contributed by atoms with Gasteiger partial charge in [-0.25, -0.2) is 0 Å². The number of hydrogen-bond acceptors (Lipinski definition) is 2. The van der Waals surface area contributed by atoms with E-state index in [-0.39, 0.29) is 6.79 Å². The molecule has 2 rings (SSSR count). The Morgan fingerprint density at radius 3 is 2.80 bits per heavy atom. The summed E-state index contributed by atoms with van der Waals surface area (Å²) in [5.41, 5.74) is 0. The summed E-state index contributed by atoms with van der Waals surface area (Å²) >= 11 is 3.52. The largest absolute Gasteiger partial charge is 0.468 e. The van der Waals surface area contributed by atoms with E-state index in [1.54, 1.807) is 7.11 Å². The molecule has 2 aromatic rings. The lowest BCUT2D eigenvalue weighted by atomic mass is 10.1. The summed E-state index contributed by atoms with van der Waals surface area (Å²) in [6.45, 7) is 0.269. The Balaban J connectivity index is 2.43. The quantitative estimate of drug-likeness (QED) is 0.791. The summed E-state index contributed by atoms with van der Waals surface area (Å²) in [6.07, 6.45) is 0. The third-order valence-corrected chi connectivity index (χ3v) is 2.78. The molecule has 0 amide bonds. The molecule has 0 radical (unpaired) electrons.